The van der Waals surface area contributed by atoms with E-state index in [0.29, 0.717) is 33.4 Å². The Morgan fingerprint density at radius 3 is 2.52 bits per heavy atom. The molecule has 0 bridgehead atoms. The first kappa shape index (κ1) is 20.4. The molecule has 148 valence electrons. The van der Waals surface area contributed by atoms with E-state index in [1.807, 2.05) is 0 Å². The lowest BCUT2D eigenvalue weighted by atomic mass is 10.1. The topological polar surface area (TPSA) is 65.7 Å². The number of furan rings is 1. The number of ether oxygens (including phenoxy) is 2. The monoisotopic (exact) mass is 410 g/mol. The Morgan fingerprint density at radius 2 is 1.83 bits per heavy atom. The fourth-order valence-corrected chi connectivity index (χ4v) is 2.85. The molecule has 2 aromatic carbocycles. The van der Waals surface area contributed by atoms with Crippen molar-refractivity contribution in [2.45, 2.75) is 6.92 Å². The first-order valence-corrected chi connectivity index (χ1v) is 9.33. The summed E-state index contributed by atoms with van der Waals surface area (Å²) < 4.78 is 15.9. The Kier molecular flexibility index (Phi) is 6.52. The molecule has 1 aromatic heterocycles. The van der Waals surface area contributed by atoms with E-state index in [1.165, 1.54) is 6.08 Å². The van der Waals surface area contributed by atoms with Gasteiger partial charge in [0.05, 0.1) is 24.3 Å². The molecule has 3 aromatic rings. The zero-order chi connectivity index (χ0) is 20.8. The SMILES string of the molecule is CCOC(=O)c1cc(-c2ccc(/C=C/C(=O)c3ccc(OC)cc3)o2)ccc1Cl. The highest BCUT2D eigenvalue weighted by atomic mass is 35.5. The Bertz CT molecular complexity index is 1050. The van der Waals surface area contributed by atoms with Gasteiger partial charge in [0, 0.05) is 11.1 Å². The fraction of sp³-hybridized carbons (Fsp3) is 0.130. The van der Waals surface area contributed by atoms with Crippen molar-refractivity contribution in [2.24, 2.45) is 0 Å². The lowest BCUT2D eigenvalue weighted by molar-refractivity contribution is 0.0526. The number of carbonyl (C=O) groups excluding carboxylic acids is 2. The van der Waals surface area contributed by atoms with Crippen LogP contribution in [0.25, 0.3) is 17.4 Å². The molecule has 6 heteroatoms. The molecule has 0 radical (unpaired) electrons. The first-order chi connectivity index (χ1) is 14.0. The van der Waals surface area contributed by atoms with Crippen LogP contribution in [0.15, 0.2) is 65.1 Å². The van der Waals surface area contributed by atoms with Crippen LogP contribution in [0.2, 0.25) is 5.02 Å². The number of allylic oxidation sites excluding steroid dienone is 1. The first-order valence-electron chi connectivity index (χ1n) is 8.95. The molecule has 0 atom stereocenters. The molecule has 0 amide bonds. The molecule has 0 spiro atoms. The minimum absolute atomic E-state index is 0.151. The molecule has 0 saturated carbocycles. The molecule has 0 unspecified atom stereocenters. The molecular formula is C23H19ClO5. The van der Waals surface area contributed by atoms with Gasteiger partial charge in [0.2, 0.25) is 0 Å². The average molecular weight is 411 g/mol. The Balaban J connectivity index is 1.76. The Morgan fingerprint density at radius 1 is 1.07 bits per heavy atom. The third-order valence-electron chi connectivity index (χ3n) is 4.15. The maximum atomic E-state index is 12.3. The molecule has 0 aliphatic heterocycles. The van der Waals surface area contributed by atoms with Crippen LogP contribution in [-0.2, 0) is 4.74 Å². The number of hydrogen-bond acceptors (Lipinski definition) is 5. The van der Waals surface area contributed by atoms with Gasteiger partial charge in [-0.3, -0.25) is 4.79 Å². The lowest BCUT2D eigenvalue weighted by Gasteiger charge is -2.05. The summed E-state index contributed by atoms with van der Waals surface area (Å²) in [5.41, 5.74) is 1.50. The predicted molar refractivity (Wildman–Crippen MR) is 111 cm³/mol. The third-order valence-corrected chi connectivity index (χ3v) is 4.48. The lowest BCUT2D eigenvalue weighted by Crippen LogP contribution is -2.05. The molecule has 3 rings (SSSR count). The second-order valence-corrected chi connectivity index (χ2v) is 6.45. The minimum Gasteiger partial charge on any atom is -0.497 e. The van der Waals surface area contributed by atoms with Gasteiger partial charge >= 0.3 is 5.97 Å². The van der Waals surface area contributed by atoms with Gasteiger partial charge in [-0.2, -0.15) is 0 Å². The second kappa shape index (κ2) is 9.26. The van der Waals surface area contributed by atoms with Crippen molar-refractivity contribution in [1.29, 1.82) is 0 Å². The van der Waals surface area contributed by atoms with Crippen LogP contribution < -0.4 is 4.74 Å². The van der Waals surface area contributed by atoms with Crippen molar-refractivity contribution in [3.63, 3.8) is 0 Å². The number of rotatable bonds is 7. The Labute approximate surface area is 173 Å². The van der Waals surface area contributed by atoms with Crippen LogP contribution in [0, 0.1) is 0 Å². The van der Waals surface area contributed by atoms with E-state index in [2.05, 4.69) is 0 Å². The number of benzene rings is 2. The van der Waals surface area contributed by atoms with E-state index in [1.54, 1.807) is 74.7 Å². The minimum atomic E-state index is -0.490. The average Bonchev–Trinajstić information content (AvgIpc) is 3.21. The largest absolute Gasteiger partial charge is 0.497 e. The van der Waals surface area contributed by atoms with Gasteiger partial charge in [0.1, 0.15) is 17.3 Å². The molecule has 5 nitrogen and oxygen atoms in total. The van der Waals surface area contributed by atoms with Gasteiger partial charge in [0.15, 0.2) is 5.78 Å². The summed E-state index contributed by atoms with van der Waals surface area (Å²) in [6.07, 6.45) is 3.04. The molecule has 0 fully saturated rings. The van der Waals surface area contributed by atoms with E-state index < -0.39 is 5.97 Å². The summed E-state index contributed by atoms with van der Waals surface area (Å²) in [4.78, 5) is 24.3. The van der Waals surface area contributed by atoms with Gasteiger partial charge in [-0.1, -0.05) is 11.6 Å². The van der Waals surface area contributed by atoms with Gasteiger partial charge in [-0.25, -0.2) is 4.79 Å². The summed E-state index contributed by atoms with van der Waals surface area (Å²) in [6, 6.07) is 15.3. The zero-order valence-electron chi connectivity index (χ0n) is 16.0. The quantitative estimate of drug-likeness (QED) is 0.285. The van der Waals surface area contributed by atoms with Crippen molar-refractivity contribution in [1.82, 2.24) is 0 Å². The highest BCUT2D eigenvalue weighted by Crippen LogP contribution is 2.28. The van der Waals surface area contributed by atoms with Crippen molar-refractivity contribution in [3.8, 4) is 17.1 Å². The Hall–Kier alpha value is -3.31. The van der Waals surface area contributed by atoms with Crippen LogP contribution in [0.1, 0.15) is 33.4 Å². The second-order valence-electron chi connectivity index (χ2n) is 6.04. The van der Waals surface area contributed by atoms with E-state index >= 15 is 0 Å². The van der Waals surface area contributed by atoms with Gasteiger partial charge in [-0.05, 0) is 73.7 Å². The maximum Gasteiger partial charge on any atom is 0.339 e. The van der Waals surface area contributed by atoms with Crippen molar-refractivity contribution >= 4 is 29.4 Å². The zero-order valence-corrected chi connectivity index (χ0v) is 16.7. The number of methoxy groups -OCH3 is 1. The van der Waals surface area contributed by atoms with E-state index in [0.717, 1.165) is 0 Å². The van der Waals surface area contributed by atoms with Crippen LogP contribution in [0.4, 0.5) is 0 Å². The summed E-state index contributed by atoms with van der Waals surface area (Å²) in [6.45, 7) is 1.99. The number of esters is 1. The van der Waals surface area contributed by atoms with Crippen molar-refractivity contribution < 1.29 is 23.5 Å². The number of halogens is 1. The molecule has 29 heavy (non-hydrogen) atoms. The van der Waals surface area contributed by atoms with Crippen LogP contribution in [-0.4, -0.2) is 25.5 Å². The fourth-order valence-electron chi connectivity index (χ4n) is 2.65. The van der Waals surface area contributed by atoms with Gasteiger partial charge in [0.25, 0.3) is 0 Å². The molecular weight excluding hydrogens is 392 g/mol. The van der Waals surface area contributed by atoms with Crippen molar-refractivity contribution in [2.75, 3.05) is 13.7 Å². The van der Waals surface area contributed by atoms with E-state index in [9.17, 15) is 9.59 Å². The molecule has 0 aliphatic carbocycles. The number of hydrogen-bond donors (Lipinski definition) is 0. The number of carbonyl (C=O) groups is 2. The summed E-state index contributed by atoms with van der Waals surface area (Å²) in [5, 5.41) is 0.309. The van der Waals surface area contributed by atoms with Gasteiger partial charge in [-0.15, -0.1) is 0 Å². The van der Waals surface area contributed by atoms with Crippen LogP contribution in [0.5, 0.6) is 5.75 Å². The molecule has 1 heterocycles. The van der Waals surface area contributed by atoms with E-state index in [-0.39, 0.29) is 18.0 Å². The highest BCUT2D eigenvalue weighted by molar-refractivity contribution is 6.33. The predicted octanol–water partition coefficient (Wildman–Crippen LogP) is 5.68. The van der Waals surface area contributed by atoms with E-state index in [4.69, 9.17) is 25.5 Å². The normalized spacial score (nSPS) is 10.9. The third kappa shape index (κ3) is 4.95. The smallest absolute Gasteiger partial charge is 0.339 e. The summed E-state index contributed by atoms with van der Waals surface area (Å²) in [5.74, 6) is 1.10. The highest BCUT2D eigenvalue weighted by Gasteiger charge is 2.14. The maximum absolute atomic E-state index is 12.3. The summed E-state index contributed by atoms with van der Waals surface area (Å²) >= 11 is 6.09. The summed E-state index contributed by atoms with van der Waals surface area (Å²) in [7, 11) is 1.57. The van der Waals surface area contributed by atoms with Gasteiger partial charge < -0.3 is 13.9 Å². The number of ketones is 1. The standard InChI is InChI=1S/C23H19ClO5/c1-3-28-23(26)19-14-16(6-11-20(19)24)22-13-10-18(29-22)9-12-21(25)15-4-7-17(27-2)8-5-15/h4-14H,3H2,1-2H3/b12-9+. The molecule has 0 aliphatic rings. The van der Waals surface area contributed by atoms with Crippen molar-refractivity contribution in [3.05, 3.63) is 82.6 Å². The molecule has 0 saturated heterocycles. The molecule has 0 N–H and O–H groups in total. The van der Waals surface area contributed by atoms with Crippen LogP contribution in [0.3, 0.4) is 0 Å². The van der Waals surface area contributed by atoms with Crippen LogP contribution >= 0.6 is 11.6 Å².